The lowest BCUT2D eigenvalue weighted by Gasteiger charge is -2.28. The molecular formula is C23H31N3O4S. The zero-order chi connectivity index (χ0) is 22.3. The fraction of sp³-hybridized carbons (Fsp3) is 0.435. The van der Waals surface area contributed by atoms with Gasteiger partial charge in [0, 0.05) is 32.7 Å². The molecule has 0 atom stereocenters. The van der Waals surface area contributed by atoms with Gasteiger partial charge >= 0.3 is 6.03 Å². The first kappa shape index (κ1) is 23.2. The Balaban J connectivity index is 1.67. The van der Waals surface area contributed by atoms with Crippen LogP contribution in [0.3, 0.4) is 0 Å². The maximum absolute atomic E-state index is 13.0. The van der Waals surface area contributed by atoms with Gasteiger partial charge in [0.05, 0.1) is 18.1 Å². The molecule has 0 aliphatic carbocycles. The van der Waals surface area contributed by atoms with Crippen molar-refractivity contribution in [1.29, 1.82) is 0 Å². The van der Waals surface area contributed by atoms with Crippen LogP contribution < -0.4 is 4.72 Å². The molecule has 0 spiro atoms. The molecule has 3 rings (SSSR count). The van der Waals surface area contributed by atoms with Crippen LogP contribution in [-0.2, 0) is 21.3 Å². The van der Waals surface area contributed by atoms with Gasteiger partial charge in [-0.1, -0.05) is 47.5 Å². The smallest absolute Gasteiger partial charge is 0.331 e. The Kier molecular flexibility index (Phi) is 8.06. The Morgan fingerprint density at radius 3 is 2.19 bits per heavy atom. The number of benzene rings is 2. The number of nitrogens with zero attached hydrogens (tertiary/aromatic N) is 2. The van der Waals surface area contributed by atoms with Gasteiger partial charge in [-0.2, -0.15) is 0 Å². The lowest BCUT2D eigenvalue weighted by Crippen LogP contribution is -2.44. The van der Waals surface area contributed by atoms with Crippen LogP contribution in [0.5, 0.6) is 0 Å². The molecule has 168 valence electrons. The molecular weight excluding hydrogens is 414 g/mol. The maximum atomic E-state index is 13.0. The van der Waals surface area contributed by atoms with E-state index in [1.165, 1.54) is 12.1 Å². The largest absolute Gasteiger partial charge is 0.379 e. The highest BCUT2D eigenvalue weighted by Crippen LogP contribution is 2.13. The highest BCUT2D eigenvalue weighted by atomic mass is 32.2. The highest BCUT2D eigenvalue weighted by Gasteiger charge is 2.22. The minimum absolute atomic E-state index is 0.0788. The molecule has 1 heterocycles. The molecule has 0 aromatic heterocycles. The van der Waals surface area contributed by atoms with Gasteiger partial charge < -0.3 is 9.64 Å². The fourth-order valence-corrected chi connectivity index (χ4v) is 4.40. The molecule has 2 aromatic carbocycles. The minimum Gasteiger partial charge on any atom is -0.379 e. The SMILES string of the molecule is Cc1ccc(CN(CCCN2CCOCC2)C(=O)NS(=O)(=O)c2ccc(C)cc2)cc1. The van der Waals surface area contributed by atoms with Crippen LogP contribution in [0.15, 0.2) is 53.4 Å². The van der Waals surface area contributed by atoms with Crippen LogP contribution in [0, 0.1) is 13.8 Å². The average molecular weight is 446 g/mol. The van der Waals surface area contributed by atoms with Crippen molar-refractivity contribution < 1.29 is 17.9 Å². The Hall–Kier alpha value is -2.42. The predicted molar refractivity (Wildman–Crippen MR) is 120 cm³/mol. The molecule has 2 amide bonds. The van der Waals surface area contributed by atoms with Crippen molar-refractivity contribution >= 4 is 16.1 Å². The minimum atomic E-state index is -3.93. The number of carbonyl (C=O) groups is 1. The summed E-state index contributed by atoms with van der Waals surface area (Å²) >= 11 is 0. The number of sulfonamides is 1. The molecule has 1 fully saturated rings. The third kappa shape index (κ3) is 7.05. The van der Waals surface area contributed by atoms with Gasteiger partial charge in [0.1, 0.15) is 0 Å². The number of carbonyl (C=O) groups excluding carboxylic acids is 1. The molecule has 8 heteroatoms. The number of hydrogen-bond donors (Lipinski definition) is 1. The molecule has 2 aromatic rings. The van der Waals surface area contributed by atoms with Gasteiger partial charge in [0.2, 0.25) is 0 Å². The van der Waals surface area contributed by atoms with Crippen molar-refractivity contribution in [1.82, 2.24) is 14.5 Å². The standard InChI is InChI=1S/C23H31N3O4S/c1-19-4-8-21(9-5-19)18-26(13-3-12-25-14-16-30-17-15-25)23(27)24-31(28,29)22-10-6-20(2)7-11-22/h4-11H,3,12-18H2,1-2H3,(H,24,27). The van der Waals surface area contributed by atoms with E-state index in [0.717, 1.165) is 56.0 Å². The van der Waals surface area contributed by atoms with Crippen molar-refractivity contribution in [2.75, 3.05) is 39.4 Å². The molecule has 0 bridgehead atoms. The van der Waals surface area contributed by atoms with Crippen molar-refractivity contribution in [2.24, 2.45) is 0 Å². The van der Waals surface area contributed by atoms with Crippen molar-refractivity contribution in [3.8, 4) is 0 Å². The summed E-state index contributed by atoms with van der Waals surface area (Å²) in [4.78, 5) is 16.9. The summed E-state index contributed by atoms with van der Waals surface area (Å²) in [5.74, 6) is 0. The molecule has 1 aliphatic heterocycles. The predicted octanol–water partition coefficient (Wildman–Crippen LogP) is 2.93. The monoisotopic (exact) mass is 445 g/mol. The summed E-state index contributed by atoms with van der Waals surface area (Å²) in [6.07, 6.45) is 0.754. The molecule has 1 saturated heterocycles. The molecule has 0 radical (unpaired) electrons. The van der Waals surface area contributed by atoms with Crippen LogP contribution >= 0.6 is 0 Å². The average Bonchev–Trinajstić information content (AvgIpc) is 2.75. The third-order valence-corrected chi connectivity index (χ3v) is 6.68. The summed E-state index contributed by atoms with van der Waals surface area (Å²) in [6, 6.07) is 13.7. The van der Waals surface area contributed by atoms with E-state index < -0.39 is 16.1 Å². The molecule has 1 aliphatic rings. The van der Waals surface area contributed by atoms with Gasteiger partial charge in [0.25, 0.3) is 10.0 Å². The third-order valence-electron chi connectivity index (χ3n) is 5.34. The summed E-state index contributed by atoms with van der Waals surface area (Å²) < 4.78 is 33.0. The zero-order valence-corrected chi connectivity index (χ0v) is 19.0. The van der Waals surface area contributed by atoms with E-state index in [4.69, 9.17) is 4.74 Å². The number of ether oxygens (including phenoxy) is 1. The first-order valence-electron chi connectivity index (χ1n) is 10.6. The number of morpholine rings is 1. The summed E-state index contributed by atoms with van der Waals surface area (Å²) in [5, 5.41) is 0. The van der Waals surface area contributed by atoms with Crippen LogP contribution in [0.25, 0.3) is 0 Å². The van der Waals surface area contributed by atoms with Gasteiger partial charge in [0.15, 0.2) is 0 Å². The quantitative estimate of drug-likeness (QED) is 0.676. The fourth-order valence-electron chi connectivity index (χ4n) is 3.43. The lowest BCUT2D eigenvalue weighted by molar-refractivity contribution is 0.0364. The van der Waals surface area contributed by atoms with E-state index in [0.29, 0.717) is 13.1 Å². The second kappa shape index (κ2) is 10.7. The summed E-state index contributed by atoms with van der Waals surface area (Å²) in [5.41, 5.74) is 3.04. The van der Waals surface area contributed by atoms with Crippen LogP contribution in [0.2, 0.25) is 0 Å². The Bertz CT molecular complexity index is 953. The van der Waals surface area contributed by atoms with E-state index in [1.807, 2.05) is 38.1 Å². The number of hydrogen-bond acceptors (Lipinski definition) is 5. The van der Waals surface area contributed by atoms with Gasteiger partial charge in [-0.15, -0.1) is 0 Å². The highest BCUT2D eigenvalue weighted by molar-refractivity contribution is 7.90. The van der Waals surface area contributed by atoms with E-state index in [2.05, 4.69) is 9.62 Å². The van der Waals surface area contributed by atoms with Crippen LogP contribution in [0.4, 0.5) is 4.79 Å². The second-order valence-electron chi connectivity index (χ2n) is 7.94. The topological polar surface area (TPSA) is 79.0 Å². The van der Waals surface area contributed by atoms with E-state index in [-0.39, 0.29) is 4.90 Å². The lowest BCUT2D eigenvalue weighted by atomic mass is 10.1. The Morgan fingerprint density at radius 1 is 1.00 bits per heavy atom. The zero-order valence-electron chi connectivity index (χ0n) is 18.2. The van der Waals surface area contributed by atoms with Gasteiger partial charge in [-0.05, 0) is 38.0 Å². The number of urea groups is 1. The number of nitrogens with one attached hydrogen (secondary N) is 1. The molecule has 1 N–H and O–H groups in total. The second-order valence-corrected chi connectivity index (χ2v) is 9.62. The Labute approximate surface area is 185 Å². The van der Waals surface area contributed by atoms with E-state index in [1.54, 1.807) is 17.0 Å². The number of rotatable bonds is 8. The molecule has 31 heavy (non-hydrogen) atoms. The van der Waals surface area contributed by atoms with Crippen molar-refractivity contribution in [3.63, 3.8) is 0 Å². The normalized spacial score (nSPS) is 14.9. The number of aryl methyl sites for hydroxylation is 2. The first-order chi connectivity index (χ1) is 14.8. The van der Waals surface area contributed by atoms with Gasteiger partial charge in [-0.3, -0.25) is 4.90 Å². The maximum Gasteiger partial charge on any atom is 0.331 e. The molecule has 0 unspecified atom stereocenters. The van der Waals surface area contributed by atoms with Crippen LogP contribution in [0.1, 0.15) is 23.1 Å². The summed E-state index contributed by atoms with van der Waals surface area (Å²) in [7, 11) is -3.93. The van der Waals surface area contributed by atoms with E-state index >= 15 is 0 Å². The Morgan fingerprint density at radius 2 is 1.58 bits per heavy atom. The van der Waals surface area contributed by atoms with Crippen molar-refractivity contribution in [2.45, 2.75) is 31.7 Å². The molecule has 7 nitrogen and oxygen atoms in total. The summed E-state index contributed by atoms with van der Waals surface area (Å²) in [6.45, 7) is 8.74. The number of amides is 2. The van der Waals surface area contributed by atoms with Gasteiger partial charge in [-0.25, -0.2) is 17.9 Å². The molecule has 0 saturated carbocycles. The first-order valence-corrected chi connectivity index (χ1v) is 12.1. The van der Waals surface area contributed by atoms with Crippen molar-refractivity contribution in [3.05, 3.63) is 65.2 Å². The van der Waals surface area contributed by atoms with Crippen LogP contribution in [-0.4, -0.2) is 63.6 Å². The van der Waals surface area contributed by atoms with E-state index in [9.17, 15) is 13.2 Å².